The third-order valence-electron chi connectivity index (χ3n) is 4.11. The van der Waals surface area contributed by atoms with Gasteiger partial charge in [-0.1, -0.05) is 0 Å². The number of nitrogens with zero attached hydrogens (tertiary/aromatic N) is 3. The average Bonchev–Trinajstić information content (AvgIpc) is 3.27. The van der Waals surface area contributed by atoms with Crippen molar-refractivity contribution in [2.45, 2.75) is 33.7 Å². The van der Waals surface area contributed by atoms with E-state index in [4.69, 9.17) is 8.83 Å². The second kappa shape index (κ2) is 10.9. The van der Waals surface area contributed by atoms with Gasteiger partial charge in [-0.15, -0.1) is 24.0 Å². The lowest BCUT2D eigenvalue weighted by Crippen LogP contribution is -2.38. The molecule has 9 heteroatoms. The largest absolute Gasteiger partial charge is 0.444 e. The van der Waals surface area contributed by atoms with Crippen molar-refractivity contribution < 1.29 is 13.2 Å². The molecule has 0 saturated carbocycles. The van der Waals surface area contributed by atoms with E-state index in [0.29, 0.717) is 37.3 Å². The summed E-state index contributed by atoms with van der Waals surface area (Å²) in [4.78, 5) is 13.3. The Balaban J connectivity index is 0.00000300. The SMILES string of the molecule is CCNC(=NCc1nc(C)c(C)o1)NCCc1coc(-c2ccc(F)cc2)n1.I. The Morgan fingerprint density at radius 1 is 1.14 bits per heavy atom. The Hall–Kier alpha value is -2.43. The fourth-order valence-corrected chi connectivity index (χ4v) is 2.55. The maximum absolute atomic E-state index is 13.0. The number of hydrogen-bond donors (Lipinski definition) is 2. The summed E-state index contributed by atoms with van der Waals surface area (Å²) in [6.07, 6.45) is 2.27. The number of rotatable bonds is 7. The normalized spacial score (nSPS) is 11.2. The maximum Gasteiger partial charge on any atom is 0.226 e. The van der Waals surface area contributed by atoms with Gasteiger partial charge in [0.2, 0.25) is 11.8 Å². The van der Waals surface area contributed by atoms with Gasteiger partial charge in [0.05, 0.1) is 11.4 Å². The molecule has 0 aliphatic rings. The average molecular weight is 513 g/mol. The van der Waals surface area contributed by atoms with Crippen LogP contribution < -0.4 is 10.6 Å². The van der Waals surface area contributed by atoms with Crippen molar-refractivity contribution in [3.05, 3.63) is 59.4 Å². The highest BCUT2D eigenvalue weighted by Crippen LogP contribution is 2.19. The Morgan fingerprint density at radius 3 is 2.55 bits per heavy atom. The number of nitrogens with one attached hydrogen (secondary N) is 2. The summed E-state index contributed by atoms with van der Waals surface area (Å²) in [7, 11) is 0. The standard InChI is InChI=1S/C20H24FN5O2.HI/c1-4-22-20(24-11-18-25-13(2)14(3)28-18)23-10-9-17-12-27-19(26-17)15-5-7-16(21)8-6-15;/h5-8,12H,4,9-11H2,1-3H3,(H2,22,23,24);1H. The maximum atomic E-state index is 13.0. The zero-order valence-electron chi connectivity index (χ0n) is 16.7. The van der Waals surface area contributed by atoms with Crippen LogP contribution in [0, 0.1) is 19.7 Å². The van der Waals surface area contributed by atoms with Gasteiger partial charge in [0.1, 0.15) is 24.4 Å². The molecule has 2 heterocycles. The van der Waals surface area contributed by atoms with E-state index in [1.165, 1.54) is 12.1 Å². The van der Waals surface area contributed by atoms with E-state index in [9.17, 15) is 4.39 Å². The molecule has 0 atom stereocenters. The molecule has 2 N–H and O–H groups in total. The van der Waals surface area contributed by atoms with Crippen LogP contribution in [-0.4, -0.2) is 29.0 Å². The number of guanidine groups is 1. The van der Waals surface area contributed by atoms with Gasteiger partial charge in [0, 0.05) is 25.1 Å². The fraction of sp³-hybridized carbons (Fsp3) is 0.350. The van der Waals surface area contributed by atoms with Crippen LogP contribution in [0.1, 0.15) is 30.0 Å². The highest BCUT2D eigenvalue weighted by atomic mass is 127. The molecule has 0 aliphatic carbocycles. The van der Waals surface area contributed by atoms with Gasteiger partial charge in [-0.05, 0) is 45.0 Å². The molecule has 0 unspecified atom stereocenters. The third-order valence-corrected chi connectivity index (χ3v) is 4.11. The summed E-state index contributed by atoms with van der Waals surface area (Å²) in [5, 5.41) is 6.44. The summed E-state index contributed by atoms with van der Waals surface area (Å²) in [5.41, 5.74) is 2.43. The summed E-state index contributed by atoms with van der Waals surface area (Å²) in [6.45, 7) is 7.54. The van der Waals surface area contributed by atoms with Crippen LogP contribution in [-0.2, 0) is 13.0 Å². The number of aryl methyl sites for hydroxylation is 2. The minimum Gasteiger partial charge on any atom is -0.444 e. The second-order valence-electron chi connectivity index (χ2n) is 6.27. The van der Waals surface area contributed by atoms with Crippen LogP contribution in [0.2, 0.25) is 0 Å². The van der Waals surface area contributed by atoms with Gasteiger partial charge >= 0.3 is 0 Å². The first kappa shape index (κ1) is 22.9. The highest BCUT2D eigenvalue weighted by molar-refractivity contribution is 14.0. The van der Waals surface area contributed by atoms with Crippen molar-refractivity contribution in [3.63, 3.8) is 0 Å². The van der Waals surface area contributed by atoms with E-state index in [-0.39, 0.29) is 29.8 Å². The molecule has 1 aromatic carbocycles. The zero-order valence-corrected chi connectivity index (χ0v) is 19.0. The Kier molecular flexibility index (Phi) is 8.62. The topological polar surface area (TPSA) is 88.5 Å². The smallest absolute Gasteiger partial charge is 0.226 e. The number of oxazole rings is 2. The van der Waals surface area contributed by atoms with Crippen molar-refractivity contribution in [2.24, 2.45) is 4.99 Å². The molecule has 0 aliphatic heterocycles. The van der Waals surface area contributed by atoms with E-state index in [1.54, 1.807) is 18.4 Å². The van der Waals surface area contributed by atoms with E-state index in [0.717, 1.165) is 29.3 Å². The summed E-state index contributed by atoms with van der Waals surface area (Å²) in [5.74, 6) is 2.27. The van der Waals surface area contributed by atoms with E-state index in [1.807, 2.05) is 20.8 Å². The zero-order chi connectivity index (χ0) is 19.9. The summed E-state index contributed by atoms with van der Waals surface area (Å²) in [6, 6.07) is 6.06. The summed E-state index contributed by atoms with van der Waals surface area (Å²) >= 11 is 0. The van der Waals surface area contributed by atoms with Crippen LogP contribution in [0.15, 0.2) is 44.4 Å². The number of benzene rings is 1. The molecular formula is C20H25FIN5O2. The minimum absolute atomic E-state index is 0. The second-order valence-corrected chi connectivity index (χ2v) is 6.27. The molecule has 2 aromatic heterocycles. The lowest BCUT2D eigenvalue weighted by Gasteiger charge is -2.09. The fourth-order valence-electron chi connectivity index (χ4n) is 2.55. The molecule has 0 saturated heterocycles. The van der Waals surface area contributed by atoms with Crippen LogP contribution in [0.5, 0.6) is 0 Å². The van der Waals surface area contributed by atoms with Crippen molar-refractivity contribution in [3.8, 4) is 11.5 Å². The number of halogens is 2. The van der Waals surface area contributed by atoms with Crippen LogP contribution >= 0.6 is 24.0 Å². The first-order valence-electron chi connectivity index (χ1n) is 9.20. The van der Waals surface area contributed by atoms with Gasteiger partial charge in [0.15, 0.2) is 5.96 Å². The van der Waals surface area contributed by atoms with Crippen LogP contribution in [0.3, 0.4) is 0 Å². The molecule has 156 valence electrons. The van der Waals surface area contributed by atoms with Crippen molar-refractivity contribution >= 4 is 29.9 Å². The van der Waals surface area contributed by atoms with Crippen molar-refractivity contribution in [1.82, 2.24) is 20.6 Å². The summed E-state index contributed by atoms with van der Waals surface area (Å²) < 4.78 is 24.1. The molecule has 7 nitrogen and oxygen atoms in total. The molecule has 0 spiro atoms. The Bertz CT molecular complexity index is 917. The molecule has 0 amide bonds. The van der Waals surface area contributed by atoms with Gasteiger partial charge in [-0.3, -0.25) is 0 Å². The van der Waals surface area contributed by atoms with Gasteiger partial charge < -0.3 is 19.5 Å². The third kappa shape index (κ3) is 6.55. The molecule has 0 radical (unpaired) electrons. The monoisotopic (exact) mass is 513 g/mol. The van der Waals surface area contributed by atoms with Crippen LogP contribution in [0.4, 0.5) is 4.39 Å². The molecule has 29 heavy (non-hydrogen) atoms. The van der Waals surface area contributed by atoms with Gasteiger partial charge in [-0.25, -0.2) is 19.4 Å². The van der Waals surface area contributed by atoms with Crippen LogP contribution in [0.25, 0.3) is 11.5 Å². The first-order valence-corrected chi connectivity index (χ1v) is 9.20. The van der Waals surface area contributed by atoms with Crippen molar-refractivity contribution in [1.29, 1.82) is 0 Å². The predicted octanol–water partition coefficient (Wildman–Crippen LogP) is 4.00. The Labute approximate surface area is 186 Å². The molecule has 3 aromatic rings. The van der Waals surface area contributed by atoms with E-state index >= 15 is 0 Å². The number of aliphatic imine (C=N–C) groups is 1. The van der Waals surface area contributed by atoms with Gasteiger partial charge in [0.25, 0.3) is 0 Å². The van der Waals surface area contributed by atoms with Gasteiger partial charge in [-0.2, -0.15) is 0 Å². The predicted molar refractivity (Wildman–Crippen MR) is 120 cm³/mol. The number of hydrogen-bond acceptors (Lipinski definition) is 5. The molecular weight excluding hydrogens is 488 g/mol. The minimum atomic E-state index is -0.287. The molecule has 3 rings (SSSR count). The lowest BCUT2D eigenvalue weighted by atomic mass is 10.2. The van der Waals surface area contributed by atoms with E-state index < -0.39 is 0 Å². The van der Waals surface area contributed by atoms with Crippen molar-refractivity contribution in [2.75, 3.05) is 13.1 Å². The first-order chi connectivity index (χ1) is 13.5. The van der Waals surface area contributed by atoms with E-state index in [2.05, 4.69) is 25.6 Å². The quantitative estimate of drug-likeness (QED) is 0.282. The highest BCUT2D eigenvalue weighted by Gasteiger charge is 2.08. The molecule has 0 bridgehead atoms. The Morgan fingerprint density at radius 2 is 1.90 bits per heavy atom. The molecule has 0 fully saturated rings. The lowest BCUT2D eigenvalue weighted by molar-refractivity contribution is 0.473. The number of aromatic nitrogens is 2.